The van der Waals surface area contributed by atoms with Gasteiger partial charge in [0.25, 0.3) is 0 Å². The summed E-state index contributed by atoms with van der Waals surface area (Å²) in [6.45, 7) is 1.09. The Morgan fingerprint density at radius 2 is 2.38 bits per heavy atom. The highest BCUT2D eigenvalue weighted by Crippen LogP contribution is 2.03. The molecule has 0 aromatic carbocycles. The molecule has 0 bridgehead atoms. The van der Waals surface area contributed by atoms with E-state index in [0.717, 1.165) is 11.4 Å². The molecule has 0 radical (unpaired) electrons. The maximum absolute atomic E-state index is 5.41. The minimum absolute atomic E-state index is 0.428. The first-order valence-corrected chi connectivity index (χ1v) is 4.79. The molecule has 2 aromatic rings. The van der Waals surface area contributed by atoms with Crippen LogP contribution in [-0.4, -0.2) is 20.0 Å². The van der Waals surface area contributed by atoms with Crippen LogP contribution in [0.5, 0.6) is 0 Å². The van der Waals surface area contributed by atoms with Crippen molar-refractivity contribution in [3.8, 4) is 0 Å². The lowest BCUT2D eigenvalue weighted by Gasteiger charge is -1.93. The molecule has 0 aliphatic rings. The molecule has 0 fully saturated rings. The van der Waals surface area contributed by atoms with Crippen LogP contribution >= 0.6 is 11.3 Å². The first kappa shape index (κ1) is 8.33. The highest BCUT2D eigenvalue weighted by molar-refractivity contribution is 7.07. The van der Waals surface area contributed by atoms with E-state index in [1.165, 1.54) is 0 Å². The quantitative estimate of drug-likeness (QED) is 0.761. The highest BCUT2D eigenvalue weighted by Gasteiger charge is 2.00. The second kappa shape index (κ2) is 3.63. The highest BCUT2D eigenvalue weighted by atomic mass is 32.1. The monoisotopic (exact) mass is 195 g/mol. The van der Waals surface area contributed by atoms with Crippen LogP contribution in [0.4, 0.5) is 0 Å². The van der Waals surface area contributed by atoms with Gasteiger partial charge in [0, 0.05) is 11.9 Å². The summed E-state index contributed by atoms with van der Waals surface area (Å²) in [4.78, 5) is 4.15. The topological polar surface area (TPSA) is 69.6 Å². The SMILES string of the molecule is NCc1cn(Cc2cscn2)nn1. The van der Waals surface area contributed by atoms with Crippen LogP contribution in [-0.2, 0) is 13.1 Å². The zero-order chi connectivity index (χ0) is 9.10. The van der Waals surface area contributed by atoms with E-state index in [9.17, 15) is 0 Å². The van der Waals surface area contributed by atoms with Gasteiger partial charge in [-0.25, -0.2) is 9.67 Å². The second-order valence-electron chi connectivity index (χ2n) is 2.59. The summed E-state index contributed by atoms with van der Waals surface area (Å²) in [5.74, 6) is 0. The fraction of sp³-hybridized carbons (Fsp3) is 0.286. The van der Waals surface area contributed by atoms with Gasteiger partial charge in [0.05, 0.1) is 29.6 Å². The van der Waals surface area contributed by atoms with E-state index in [-0.39, 0.29) is 0 Å². The minimum Gasteiger partial charge on any atom is -0.325 e. The smallest absolute Gasteiger partial charge is 0.0962 e. The van der Waals surface area contributed by atoms with Gasteiger partial charge in [-0.2, -0.15) is 0 Å². The molecule has 2 rings (SSSR count). The number of nitrogens with two attached hydrogens (primary N) is 1. The van der Waals surface area contributed by atoms with Gasteiger partial charge >= 0.3 is 0 Å². The Hall–Kier alpha value is -1.27. The summed E-state index contributed by atoms with van der Waals surface area (Å²) in [6, 6.07) is 0. The van der Waals surface area contributed by atoms with Gasteiger partial charge in [0.15, 0.2) is 0 Å². The lowest BCUT2D eigenvalue weighted by atomic mass is 10.4. The predicted octanol–water partition coefficient (Wildman–Crippen LogP) is 0.242. The Morgan fingerprint density at radius 3 is 3.00 bits per heavy atom. The van der Waals surface area contributed by atoms with Gasteiger partial charge < -0.3 is 5.73 Å². The standard InChI is InChI=1S/C7H9N5S/c8-1-6-2-12(11-10-6)3-7-4-13-5-9-7/h2,4-5H,1,3,8H2. The molecule has 0 aliphatic heterocycles. The maximum Gasteiger partial charge on any atom is 0.0962 e. The number of aromatic nitrogens is 4. The molecule has 0 spiro atoms. The van der Waals surface area contributed by atoms with Crippen molar-refractivity contribution in [3.05, 3.63) is 28.5 Å². The Balaban J connectivity index is 2.10. The van der Waals surface area contributed by atoms with Crippen LogP contribution in [0.15, 0.2) is 17.1 Å². The number of hydrogen-bond donors (Lipinski definition) is 1. The zero-order valence-electron chi connectivity index (χ0n) is 6.92. The van der Waals surface area contributed by atoms with Crippen molar-refractivity contribution in [2.45, 2.75) is 13.1 Å². The summed E-state index contributed by atoms with van der Waals surface area (Å²) in [5.41, 5.74) is 9.01. The molecule has 0 saturated heterocycles. The van der Waals surface area contributed by atoms with E-state index in [0.29, 0.717) is 13.1 Å². The summed E-state index contributed by atoms with van der Waals surface area (Å²) in [5, 5.41) is 9.78. The molecule has 2 aromatic heterocycles. The van der Waals surface area contributed by atoms with Gasteiger partial charge in [0.1, 0.15) is 0 Å². The zero-order valence-corrected chi connectivity index (χ0v) is 7.74. The lowest BCUT2D eigenvalue weighted by molar-refractivity contribution is 0.640. The maximum atomic E-state index is 5.41. The summed E-state index contributed by atoms with van der Waals surface area (Å²) in [6.07, 6.45) is 1.83. The minimum atomic E-state index is 0.428. The molecule has 0 saturated carbocycles. The number of hydrogen-bond acceptors (Lipinski definition) is 5. The molecule has 68 valence electrons. The molecule has 5 nitrogen and oxygen atoms in total. The molecule has 0 amide bonds. The van der Waals surface area contributed by atoms with Crippen molar-refractivity contribution >= 4 is 11.3 Å². The first-order chi connectivity index (χ1) is 6.38. The molecular weight excluding hydrogens is 186 g/mol. The van der Waals surface area contributed by atoms with Crippen LogP contribution < -0.4 is 5.73 Å². The lowest BCUT2D eigenvalue weighted by Crippen LogP contribution is -2.00. The molecular formula is C7H9N5S. The van der Waals surface area contributed by atoms with Crippen LogP contribution in [0.2, 0.25) is 0 Å². The van der Waals surface area contributed by atoms with Gasteiger partial charge in [-0.3, -0.25) is 0 Å². The fourth-order valence-corrected chi connectivity index (χ4v) is 1.54. The molecule has 0 unspecified atom stereocenters. The van der Waals surface area contributed by atoms with Crippen LogP contribution in [0.1, 0.15) is 11.4 Å². The van der Waals surface area contributed by atoms with Crippen LogP contribution in [0.3, 0.4) is 0 Å². The summed E-state index contributed by atoms with van der Waals surface area (Å²) < 4.78 is 1.73. The number of nitrogens with zero attached hydrogens (tertiary/aromatic N) is 4. The largest absolute Gasteiger partial charge is 0.325 e. The Bertz CT molecular complexity index is 366. The van der Waals surface area contributed by atoms with Gasteiger partial charge in [-0.1, -0.05) is 5.21 Å². The van der Waals surface area contributed by atoms with Crippen molar-refractivity contribution in [1.29, 1.82) is 0 Å². The number of thiazole rings is 1. The van der Waals surface area contributed by atoms with E-state index < -0.39 is 0 Å². The third-order valence-electron chi connectivity index (χ3n) is 1.60. The first-order valence-electron chi connectivity index (χ1n) is 3.84. The van der Waals surface area contributed by atoms with Crippen molar-refractivity contribution in [3.63, 3.8) is 0 Å². The van der Waals surface area contributed by atoms with Gasteiger partial charge in [0.2, 0.25) is 0 Å². The van der Waals surface area contributed by atoms with E-state index in [1.807, 2.05) is 11.6 Å². The van der Waals surface area contributed by atoms with E-state index in [2.05, 4.69) is 15.3 Å². The van der Waals surface area contributed by atoms with Crippen LogP contribution in [0.25, 0.3) is 0 Å². The van der Waals surface area contributed by atoms with E-state index in [1.54, 1.807) is 21.5 Å². The molecule has 0 atom stereocenters. The molecule has 0 aliphatic carbocycles. The second-order valence-corrected chi connectivity index (χ2v) is 3.31. The van der Waals surface area contributed by atoms with Gasteiger partial charge in [-0.05, 0) is 0 Å². The average molecular weight is 195 g/mol. The summed E-state index contributed by atoms with van der Waals surface area (Å²) >= 11 is 1.57. The molecule has 2 heterocycles. The Morgan fingerprint density at radius 1 is 1.46 bits per heavy atom. The summed E-state index contributed by atoms with van der Waals surface area (Å²) in [7, 11) is 0. The van der Waals surface area contributed by atoms with E-state index in [4.69, 9.17) is 5.73 Å². The van der Waals surface area contributed by atoms with Crippen molar-refractivity contribution in [1.82, 2.24) is 20.0 Å². The molecule has 6 heteroatoms. The normalized spacial score (nSPS) is 10.5. The molecule has 13 heavy (non-hydrogen) atoms. The van der Waals surface area contributed by atoms with E-state index >= 15 is 0 Å². The third kappa shape index (κ3) is 1.90. The average Bonchev–Trinajstić information content (AvgIpc) is 2.76. The third-order valence-corrected chi connectivity index (χ3v) is 2.24. The fourth-order valence-electron chi connectivity index (χ4n) is 0.991. The Labute approximate surface area is 79.2 Å². The van der Waals surface area contributed by atoms with Crippen molar-refractivity contribution in [2.75, 3.05) is 0 Å². The predicted molar refractivity (Wildman–Crippen MR) is 49.1 cm³/mol. The van der Waals surface area contributed by atoms with Gasteiger partial charge in [-0.15, -0.1) is 16.4 Å². The van der Waals surface area contributed by atoms with Crippen molar-refractivity contribution in [2.24, 2.45) is 5.73 Å². The van der Waals surface area contributed by atoms with Crippen LogP contribution in [0, 0.1) is 0 Å². The molecule has 2 N–H and O–H groups in total. The van der Waals surface area contributed by atoms with Crippen molar-refractivity contribution < 1.29 is 0 Å². The Kier molecular flexibility index (Phi) is 2.33. The number of rotatable bonds is 3.